The van der Waals surface area contributed by atoms with Gasteiger partial charge in [-0.15, -0.1) is 12.4 Å². The van der Waals surface area contributed by atoms with Crippen LogP contribution in [0.2, 0.25) is 0 Å². The highest BCUT2D eigenvalue weighted by atomic mass is 35.5. The molecule has 1 heterocycles. The molecule has 0 saturated heterocycles. The van der Waals surface area contributed by atoms with Crippen molar-refractivity contribution < 1.29 is 19.8 Å². The van der Waals surface area contributed by atoms with E-state index in [1.807, 2.05) is 0 Å². The van der Waals surface area contributed by atoms with E-state index in [-0.39, 0.29) is 29.5 Å². The number of benzene rings is 2. The molecule has 0 atom stereocenters. The lowest BCUT2D eigenvalue weighted by molar-refractivity contribution is 0.0686. The maximum atomic E-state index is 10.7. The van der Waals surface area contributed by atoms with Gasteiger partial charge in [-0.3, -0.25) is 10.4 Å². The quantitative estimate of drug-likeness (QED) is 0.290. The number of nitrogens with one attached hydrogen (secondary N) is 4. The van der Waals surface area contributed by atoms with Crippen molar-refractivity contribution >= 4 is 47.6 Å². The number of para-hydroxylation sites is 1. The molecule has 0 bridgehead atoms. The maximum Gasteiger partial charge on any atom is 0.337 e. The maximum absolute atomic E-state index is 10.7. The summed E-state index contributed by atoms with van der Waals surface area (Å²) in [4.78, 5) is 25.4. The van der Waals surface area contributed by atoms with Crippen molar-refractivity contribution in [2.24, 2.45) is 10.7 Å². The van der Waals surface area contributed by atoms with Crippen LogP contribution in [0.25, 0.3) is 0 Å². The molecule has 11 heteroatoms. The van der Waals surface area contributed by atoms with Gasteiger partial charge in [-0.25, -0.2) is 9.59 Å². The minimum absolute atomic E-state index is 0. The van der Waals surface area contributed by atoms with E-state index in [4.69, 9.17) is 21.4 Å². The zero-order valence-corrected chi connectivity index (χ0v) is 16.0. The Bertz CT molecular complexity index is 901. The summed E-state index contributed by atoms with van der Waals surface area (Å²) in [5.74, 6) is -1.52. The van der Waals surface area contributed by atoms with Gasteiger partial charge >= 0.3 is 11.9 Å². The van der Waals surface area contributed by atoms with E-state index < -0.39 is 11.9 Å². The molecule has 0 amide bonds. The Labute approximate surface area is 172 Å². The number of nitrogens with zero attached hydrogens (tertiary/aromatic N) is 1. The lowest BCUT2D eigenvalue weighted by Crippen LogP contribution is -2.26. The number of hydrogen-bond acceptors (Lipinski definition) is 6. The molecule has 0 spiro atoms. The minimum atomic E-state index is -1.05. The largest absolute Gasteiger partial charge is 0.478 e. The highest BCUT2D eigenvalue weighted by Gasteiger charge is 2.08. The molecule has 0 aliphatic carbocycles. The SMILES string of the molecule is Cl.N=C(N)Nc1ccccc1C(=O)O.O=C(O)c1ccc(NC2=NCCN2)cc1. The van der Waals surface area contributed by atoms with Gasteiger partial charge < -0.3 is 31.9 Å². The van der Waals surface area contributed by atoms with E-state index >= 15 is 0 Å². The lowest BCUT2D eigenvalue weighted by Gasteiger charge is -2.06. The number of rotatable bonds is 4. The highest BCUT2D eigenvalue weighted by molar-refractivity contribution is 6.00. The number of anilines is 2. The normalized spacial score (nSPS) is 11.5. The number of aromatic carboxylic acids is 2. The Morgan fingerprint density at radius 3 is 2.24 bits per heavy atom. The number of halogens is 1. The molecule has 29 heavy (non-hydrogen) atoms. The number of aliphatic imine (C=N–C) groups is 1. The third kappa shape index (κ3) is 7.39. The first-order valence-corrected chi connectivity index (χ1v) is 8.19. The molecule has 154 valence electrons. The van der Waals surface area contributed by atoms with Crippen molar-refractivity contribution in [2.75, 3.05) is 23.7 Å². The number of guanidine groups is 2. The number of nitrogens with two attached hydrogens (primary N) is 1. The number of hydrogen-bond donors (Lipinski definition) is 7. The van der Waals surface area contributed by atoms with Crippen LogP contribution in [0.3, 0.4) is 0 Å². The van der Waals surface area contributed by atoms with Crippen LogP contribution < -0.4 is 21.7 Å². The van der Waals surface area contributed by atoms with E-state index in [1.165, 1.54) is 6.07 Å². The summed E-state index contributed by atoms with van der Waals surface area (Å²) in [7, 11) is 0. The third-order valence-electron chi connectivity index (χ3n) is 3.50. The molecular formula is C18H21ClN6O4. The second-order valence-corrected chi connectivity index (χ2v) is 5.55. The second kappa shape index (κ2) is 11.1. The summed E-state index contributed by atoms with van der Waals surface area (Å²) in [6.07, 6.45) is 0. The first kappa shape index (κ1) is 23.2. The van der Waals surface area contributed by atoms with Crippen molar-refractivity contribution in [1.82, 2.24) is 5.32 Å². The standard InChI is InChI=1S/C10H11N3O2.C8H9N3O2.ClH/c14-9(15)7-1-3-8(4-2-7)13-10-11-5-6-12-10;9-8(10)11-6-4-2-1-3-5(6)7(12)13;/h1-4H,5-6H2,(H,14,15)(H2,11,12,13);1-4H,(H,12,13)(H4,9,10,11);1H. The molecular weight excluding hydrogens is 400 g/mol. The fourth-order valence-electron chi connectivity index (χ4n) is 2.24. The molecule has 10 nitrogen and oxygen atoms in total. The van der Waals surface area contributed by atoms with Gasteiger partial charge in [-0.05, 0) is 36.4 Å². The minimum Gasteiger partial charge on any atom is -0.478 e. The van der Waals surface area contributed by atoms with Crippen LogP contribution in [-0.2, 0) is 0 Å². The summed E-state index contributed by atoms with van der Waals surface area (Å²) in [6, 6.07) is 12.8. The van der Waals surface area contributed by atoms with Crippen molar-refractivity contribution in [3.63, 3.8) is 0 Å². The van der Waals surface area contributed by atoms with Gasteiger partial charge in [0.05, 0.1) is 23.4 Å². The van der Waals surface area contributed by atoms with Gasteiger partial charge in [-0.2, -0.15) is 0 Å². The highest BCUT2D eigenvalue weighted by Crippen LogP contribution is 2.14. The average molecular weight is 421 g/mol. The fourth-order valence-corrected chi connectivity index (χ4v) is 2.24. The van der Waals surface area contributed by atoms with Gasteiger partial charge in [0.25, 0.3) is 0 Å². The molecule has 0 fully saturated rings. The molecule has 0 unspecified atom stereocenters. The van der Waals surface area contributed by atoms with Crippen LogP contribution in [-0.4, -0.2) is 47.2 Å². The molecule has 1 aliphatic rings. The van der Waals surface area contributed by atoms with E-state index in [9.17, 15) is 9.59 Å². The van der Waals surface area contributed by atoms with Crippen LogP contribution in [0, 0.1) is 5.41 Å². The van der Waals surface area contributed by atoms with Gasteiger partial charge in [0.2, 0.25) is 0 Å². The van der Waals surface area contributed by atoms with Gasteiger partial charge in [0, 0.05) is 12.2 Å². The van der Waals surface area contributed by atoms with Crippen molar-refractivity contribution in [3.8, 4) is 0 Å². The Morgan fingerprint density at radius 1 is 1.07 bits per heavy atom. The Kier molecular flexibility index (Phi) is 8.93. The van der Waals surface area contributed by atoms with Crippen molar-refractivity contribution in [1.29, 1.82) is 5.41 Å². The second-order valence-electron chi connectivity index (χ2n) is 5.55. The summed E-state index contributed by atoms with van der Waals surface area (Å²) in [5, 5.41) is 32.9. The Balaban J connectivity index is 0.000000284. The monoisotopic (exact) mass is 420 g/mol. The van der Waals surface area contributed by atoms with Crippen LogP contribution in [0.15, 0.2) is 53.5 Å². The molecule has 0 aromatic heterocycles. The van der Waals surface area contributed by atoms with Crippen LogP contribution in [0.1, 0.15) is 20.7 Å². The zero-order chi connectivity index (χ0) is 20.5. The smallest absolute Gasteiger partial charge is 0.337 e. The molecule has 1 aliphatic heterocycles. The third-order valence-corrected chi connectivity index (χ3v) is 3.50. The first-order chi connectivity index (χ1) is 13.4. The molecule has 3 rings (SSSR count). The number of carboxylic acid groups (broad SMARTS) is 2. The fraction of sp³-hybridized carbons (Fsp3) is 0.111. The van der Waals surface area contributed by atoms with Crippen molar-refractivity contribution in [2.45, 2.75) is 0 Å². The zero-order valence-electron chi connectivity index (χ0n) is 15.2. The predicted molar refractivity (Wildman–Crippen MR) is 114 cm³/mol. The number of carbonyl (C=O) groups is 2. The topological polar surface area (TPSA) is 173 Å². The number of carboxylic acids is 2. The molecule has 2 aromatic rings. The van der Waals surface area contributed by atoms with E-state index in [0.717, 1.165) is 24.7 Å². The first-order valence-electron chi connectivity index (χ1n) is 8.19. The molecule has 0 radical (unpaired) electrons. The summed E-state index contributed by atoms with van der Waals surface area (Å²) in [5.41, 5.74) is 6.60. The van der Waals surface area contributed by atoms with Gasteiger partial charge in [0.15, 0.2) is 11.9 Å². The van der Waals surface area contributed by atoms with Gasteiger partial charge in [-0.1, -0.05) is 12.1 Å². The molecule has 8 N–H and O–H groups in total. The van der Waals surface area contributed by atoms with Crippen molar-refractivity contribution in [3.05, 3.63) is 59.7 Å². The van der Waals surface area contributed by atoms with Gasteiger partial charge in [0.1, 0.15) is 0 Å². The van der Waals surface area contributed by atoms with E-state index in [2.05, 4.69) is 20.9 Å². The van der Waals surface area contributed by atoms with Crippen LogP contribution in [0.4, 0.5) is 11.4 Å². The molecule has 0 saturated carbocycles. The van der Waals surface area contributed by atoms with Crippen LogP contribution in [0.5, 0.6) is 0 Å². The molecule has 2 aromatic carbocycles. The lowest BCUT2D eigenvalue weighted by atomic mass is 10.2. The summed E-state index contributed by atoms with van der Waals surface area (Å²) >= 11 is 0. The summed E-state index contributed by atoms with van der Waals surface area (Å²) < 4.78 is 0. The Morgan fingerprint density at radius 2 is 1.72 bits per heavy atom. The van der Waals surface area contributed by atoms with E-state index in [1.54, 1.807) is 42.5 Å². The Hall–Kier alpha value is -3.79. The van der Waals surface area contributed by atoms with E-state index in [0.29, 0.717) is 5.69 Å². The summed E-state index contributed by atoms with van der Waals surface area (Å²) in [6.45, 7) is 1.62. The average Bonchev–Trinajstić information content (AvgIpc) is 3.15. The van der Waals surface area contributed by atoms with Crippen LogP contribution >= 0.6 is 12.4 Å². The predicted octanol–water partition coefficient (Wildman–Crippen LogP) is 1.87.